The zero-order chi connectivity index (χ0) is 24.4. The molecule has 2 amide bonds. The highest BCUT2D eigenvalue weighted by Gasteiger charge is 2.38. The normalized spacial score (nSPS) is 15.5. The second kappa shape index (κ2) is 9.64. The SMILES string of the molecule is CC(C)CCN1C(=O)C(C)(C)COc2ccc(NC(=O)C(C)(C)Oc3ccc(Cl)cc3)cc21. The predicted octanol–water partition coefficient (Wildman–Crippen LogP) is 5.93. The summed E-state index contributed by atoms with van der Waals surface area (Å²) in [6.07, 6.45) is 0.861. The highest BCUT2D eigenvalue weighted by atomic mass is 35.5. The fourth-order valence-corrected chi connectivity index (χ4v) is 3.58. The number of hydrogen-bond donors (Lipinski definition) is 1. The van der Waals surface area contributed by atoms with Crippen molar-refractivity contribution in [3.63, 3.8) is 0 Å². The van der Waals surface area contributed by atoms with Crippen molar-refractivity contribution >= 4 is 34.8 Å². The maximum Gasteiger partial charge on any atom is 0.267 e. The van der Waals surface area contributed by atoms with E-state index in [0.29, 0.717) is 47.0 Å². The first-order valence-electron chi connectivity index (χ1n) is 11.2. The van der Waals surface area contributed by atoms with Crippen LogP contribution >= 0.6 is 11.6 Å². The van der Waals surface area contributed by atoms with Crippen molar-refractivity contribution in [1.29, 1.82) is 0 Å². The molecule has 0 spiro atoms. The molecule has 0 fully saturated rings. The number of carbonyl (C=O) groups is 2. The van der Waals surface area contributed by atoms with Crippen molar-refractivity contribution in [3.8, 4) is 11.5 Å². The molecule has 2 aromatic rings. The summed E-state index contributed by atoms with van der Waals surface area (Å²) in [5, 5.41) is 3.52. The summed E-state index contributed by atoms with van der Waals surface area (Å²) in [6, 6.07) is 12.2. The van der Waals surface area contributed by atoms with E-state index in [4.69, 9.17) is 21.1 Å². The first kappa shape index (κ1) is 24.9. The first-order valence-corrected chi connectivity index (χ1v) is 11.6. The van der Waals surface area contributed by atoms with Gasteiger partial charge in [-0.25, -0.2) is 0 Å². The van der Waals surface area contributed by atoms with Crippen molar-refractivity contribution in [2.45, 2.75) is 53.6 Å². The molecule has 0 bridgehead atoms. The van der Waals surface area contributed by atoms with E-state index in [1.165, 1.54) is 0 Å². The maximum absolute atomic E-state index is 13.3. The molecule has 1 aliphatic rings. The van der Waals surface area contributed by atoms with Crippen LogP contribution in [0.2, 0.25) is 5.02 Å². The second-order valence-electron chi connectivity index (χ2n) is 10.0. The molecule has 0 aliphatic carbocycles. The van der Waals surface area contributed by atoms with Crippen molar-refractivity contribution in [3.05, 3.63) is 47.5 Å². The van der Waals surface area contributed by atoms with Crippen LogP contribution in [-0.4, -0.2) is 30.6 Å². The Bertz CT molecular complexity index is 1020. The Balaban J connectivity index is 1.84. The molecule has 2 aromatic carbocycles. The molecular formula is C26H33ClN2O4. The Hall–Kier alpha value is -2.73. The van der Waals surface area contributed by atoms with Crippen molar-refractivity contribution in [2.75, 3.05) is 23.4 Å². The molecular weight excluding hydrogens is 440 g/mol. The predicted molar refractivity (Wildman–Crippen MR) is 132 cm³/mol. The second-order valence-corrected chi connectivity index (χ2v) is 10.5. The van der Waals surface area contributed by atoms with Gasteiger partial charge >= 0.3 is 0 Å². The number of nitrogens with one attached hydrogen (secondary N) is 1. The van der Waals surface area contributed by atoms with Crippen LogP contribution in [0, 0.1) is 11.3 Å². The standard InChI is InChI=1S/C26H33ClN2O4/c1-17(2)13-14-29-21-15-19(9-12-22(21)32-16-25(3,4)24(29)31)28-23(30)26(5,6)33-20-10-7-18(27)8-11-20/h7-12,15,17H,13-14,16H2,1-6H3,(H,28,30). The molecule has 0 atom stereocenters. The topological polar surface area (TPSA) is 67.9 Å². The van der Waals surface area contributed by atoms with Gasteiger partial charge in [-0.05, 0) is 82.5 Å². The van der Waals surface area contributed by atoms with Gasteiger partial charge in [0.05, 0.1) is 11.1 Å². The average Bonchev–Trinajstić information content (AvgIpc) is 2.82. The zero-order valence-electron chi connectivity index (χ0n) is 20.2. The lowest BCUT2D eigenvalue weighted by atomic mass is 9.92. The van der Waals surface area contributed by atoms with Crippen LogP contribution in [0.25, 0.3) is 0 Å². The molecule has 178 valence electrons. The number of carbonyl (C=O) groups excluding carboxylic acids is 2. The van der Waals surface area contributed by atoms with E-state index in [-0.39, 0.29) is 11.8 Å². The van der Waals surface area contributed by atoms with Crippen LogP contribution in [0.3, 0.4) is 0 Å². The van der Waals surface area contributed by atoms with Crippen LogP contribution in [0.5, 0.6) is 11.5 Å². The van der Waals surface area contributed by atoms with Gasteiger partial charge < -0.3 is 19.7 Å². The summed E-state index contributed by atoms with van der Waals surface area (Å²) in [5.74, 6) is 1.32. The van der Waals surface area contributed by atoms with Gasteiger partial charge in [-0.2, -0.15) is 0 Å². The molecule has 1 heterocycles. The Morgan fingerprint density at radius 1 is 1.21 bits per heavy atom. The molecule has 6 nitrogen and oxygen atoms in total. The van der Waals surface area contributed by atoms with E-state index < -0.39 is 11.0 Å². The highest BCUT2D eigenvalue weighted by molar-refractivity contribution is 6.30. The summed E-state index contributed by atoms with van der Waals surface area (Å²) in [5.41, 5.74) is -0.544. The van der Waals surface area contributed by atoms with Gasteiger partial charge in [0.1, 0.15) is 18.1 Å². The number of fused-ring (bicyclic) bond motifs is 1. The minimum absolute atomic E-state index is 0.0109. The van der Waals surface area contributed by atoms with Crippen LogP contribution in [-0.2, 0) is 9.59 Å². The lowest BCUT2D eigenvalue weighted by Crippen LogP contribution is -2.43. The van der Waals surface area contributed by atoms with E-state index in [0.717, 1.165) is 6.42 Å². The van der Waals surface area contributed by atoms with Crippen LogP contribution in [0.1, 0.15) is 48.0 Å². The minimum Gasteiger partial charge on any atom is -0.490 e. The van der Waals surface area contributed by atoms with E-state index >= 15 is 0 Å². The van der Waals surface area contributed by atoms with Gasteiger partial charge in [-0.3, -0.25) is 9.59 Å². The Kier molecular flexibility index (Phi) is 7.27. The third-order valence-electron chi connectivity index (χ3n) is 5.58. The number of nitrogens with zero attached hydrogens (tertiary/aromatic N) is 1. The Morgan fingerprint density at radius 2 is 1.88 bits per heavy atom. The molecule has 0 saturated carbocycles. The van der Waals surface area contributed by atoms with Gasteiger partial charge in [0.25, 0.3) is 5.91 Å². The summed E-state index contributed by atoms with van der Waals surface area (Å²) in [6.45, 7) is 12.3. The number of benzene rings is 2. The molecule has 1 aliphatic heterocycles. The average molecular weight is 473 g/mol. The number of anilines is 2. The number of amides is 2. The fourth-order valence-electron chi connectivity index (χ4n) is 3.46. The number of halogens is 1. The Labute approximate surface area is 201 Å². The summed E-state index contributed by atoms with van der Waals surface area (Å²) in [7, 11) is 0. The van der Waals surface area contributed by atoms with Gasteiger partial charge in [0.2, 0.25) is 5.91 Å². The highest BCUT2D eigenvalue weighted by Crippen LogP contribution is 2.38. The van der Waals surface area contributed by atoms with Crippen LogP contribution in [0.15, 0.2) is 42.5 Å². The number of rotatable bonds is 7. The van der Waals surface area contributed by atoms with Gasteiger partial charge in [0, 0.05) is 17.3 Å². The zero-order valence-corrected chi connectivity index (χ0v) is 21.0. The quantitative estimate of drug-likeness (QED) is 0.542. The molecule has 3 rings (SSSR count). The van der Waals surface area contributed by atoms with Gasteiger partial charge in [-0.15, -0.1) is 0 Å². The van der Waals surface area contributed by atoms with Crippen molar-refractivity contribution in [1.82, 2.24) is 0 Å². The molecule has 0 radical (unpaired) electrons. The van der Waals surface area contributed by atoms with Crippen molar-refractivity contribution in [2.24, 2.45) is 11.3 Å². The monoisotopic (exact) mass is 472 g/mol. The van der Waals surface area contributed by atoms with Gasteiger partial charge in [0.15, 0.2) is 5.60 Å². The van der Waals surface area contributed by atoms with E-state index in [1.54, 1.807) is 61.2 Å². The summed E-state index contributed by atoms with van der Waals surface area (Å²) in [4.78, 5) is 28.1. The molecule has 7 heteroatoms. The lowest BCUT2D eigenvalue weighted by molar-refractivity contribution is -0.128. The minimum atomic E-state index is -1.13. The third kappa shape index (κ3) is 5.99. The molecule has 0 saturated heterocycles. The Morgan fingerprint density at radius 3 is 2.52 bits per heavy atom. The number of ether oxygens (including phenoxy) is 2. The largest absolute Gasteiger partial charge is 0.490 e. The maximum atomic E-state index is 13.3. The van der Waals surface area contributed by atoms with E-state index in [1.807, 2.05) is 13.8 Å². The van der Waals surface area contributed by atoms with Crippen molar-refractivity contribution < 1.29 is 19.1 Å². The smallest absolute Gasteiger partial charge is 0.267 e. The summed E-state index contributed by atoms with van der Waals surface area (Å²) < 4.78 is 11.9. The molecule has 1 N–H and O–H groups in total. The van der Waals surface area contributed by atoms with E-state index in [9.17, 15) is 9.59 Å². The molecule has 0 unspecified atom stereocenters. The fraction of sp³-hybridized carbons (Fsp3) is 0.462. The number of hydrogen-bond acceptors (Lipinski definition) is 4. The molecule has 33 heavy (non-hydrogen) atoms. The van der Waals surface area contributed by atoms with E-state index in [2.05, 4.69) is 19.2 Å². The lowest BCUT2D eigenvalue weighted by Gasteiger charge is -2.29. The first-order chi connectivity index (χ1) is 15.4. The van der Waals surface area contributed by atoms with Crippen LogP contribution in [0.4, 0.5) is 11.4 Å². The molecule has 0 aromatic heterocycles. The van der Waals surface area contributed by atoms with Gasteiger partial charge in [-0.1, -0.05) is 25.4 Å². The third-order valence-corrected chi connectivity index (χ3v) is 5.84. The van der Waals surface area contributed by atoms with Crippen LogP contribution < -0.4 is 19.7 Å². The summed E-state index contributed by atoms with van der Waals surface area (Å²) >= 11 is 5.93.